The molecule has 23 aromatic rings. The Labute approximate surface area is 717 Å². The van der Waals surface area contributed by atoms with E-state index in [2.05, 4.69) is 493 Å². The Bertz CT molecular complexity index is 7590. The fraction of sp³-hybridized carbons (Fsp3) is 0. The maximum absolute atomic E-state index is 2.40. The molecule has 0 amide bonds. The van der Waals surface area contributed by atoms with Crippen LogP contribution in [0.3, 0.4) is 0 Å². The molecule has 0 unspecified atom stereocenters. The largest absolute Gasteiger partial charge is 0.311 e. The normalized spacial score (nSPS) is 11.4. The van der Waals surface area contributed by atoms with Crippen molar-refractivity contribution in [3.63, 3.8) is 0 Å². The van der Waals surface area contributed by atoms with Gasteiger partial charge in [-0.3, -0.25) is 0 Å². The molecule has 0 saturated heterocycles. The second kappa shape index (κ2) is 31.8. The minimum absolute atomic E-state index is 1.10. The van der Waals surface area contributed by atoms with E-state index < -0.39 is 0 Å². The van der Waals surface area contributed by atoms with Crippen molar-refractivity contribution in [1.29, 1.82) is 0 Å². The molecule has 0 N–H and O–H groups in total. The molecule has 21 aromatic carbocycles. The molecule has 4 nitrogen and oxygen atoms in total. The Kier molecular flexibility index (Phi) is 19.0. The number of nitrogens with zero attached hydrogens (tertiary/aromatic N) is 4. The molecular weight excluding hydrogens is 1510 g/mol. The number of anilines is 12. The molecule has 0 aliphatic carbocycles. The average molecular weight is 1590 g/mol. The summed E-state index contributed by atoms with van der Waals surface area (Å²) in [5.41, 5.74) is 23.2. The Morgan fingerprint density at radius 2 is 0.393 bits per heavy atom. The van der Waals surface area contributed by atoms with E-state index in [0.29, 0.717) is 0 Å². The predicted molar refractivity (Wildman–Crippen MR) is 527 cm³/mol. The fourth-order valence-electron chi connectivity index (χ4n) is 18.1. The van der Waals surface area contributed by atoms with Crippen molar-refractivity contribution in [1.82, 2.24) is 0 Å². The Morgan fingerprint density at radius 1 is 0.139 bits per heavy atom. The highest BCUT2D eigenvalue weighted by Gasteiger charge is 2.24. The van der Waals surface area contributed by atoms with Gasteiger partial charge in [0.2, 0.25) is 0 Å². The number of rotatable bonds is 16. The van der Waals surface area contributed by atoms with E-state index in [-0.39, 0.29) is 0 Å². The SMILES string of the molecule is c1ccc(-c2ccc(N(c3ccc(-c4ccccc4)cc3)c3ccc(-c4ccc5c(c4)c4ccccc4c4c6ccc(N(c7ccccc7)c7ccccc7)cc6sc54)cc3)cc2)cc1.c1ccc(N(c2ccccc2)c2ccc3c(c2)sc2c4ccc(-c5ccc(N(c6ccccc6)c6cccc7ccccc67)cc5)cc4c4ccccc4c32)cc1. The summed E-state index contributed by atoms with van der Waals surface area (Å²) in [4.78, 5) is 9.41. The van der Waals surface area contributed by atoms with Crippen molar-refractivity contribution in [2.24, 2.45) is 0 Å². The lowest BCUT2D eigenvalue weighted by atomic mass is 9.94. The number of para-hydroxylation sites is 5. The Balaban J connectivity index is 0.000000147. The van der Waals surface area contributed by atoms with Crippen LogP contribution in [0.15, 0.2) is 473 Å². The van der Waals surface area contributed by atoms with Crippen molar-refractivity contribution in [2.75, 3.05) is 19.6 Å². The lowest BCUT2D eigenvalue weighted by Crippen LogP contribution is -2.10. The van der Waals surface area contributed by atoms with Gasteiger partial charge in [-0.1, -0.05) is 322 Å². The van der Waals surface area contributed by atoms with Crippen LogP contribution < -0.4 is 19.6 Å². The first-order valence-corrected chi connectivity index (χ1v) is 43.2. The van der Waals surface area contributed by atoms with Gasteiger partial charge in [-0.05, 0) is 234 Å². The molecule has 0 atom stereocenters. The monoisotopic (exact) mass is 1590 g/mol. The van der Waals surface area contributed by atoms with Gasteiger partial charge in [0.05, 0.1) is 5.69 Å². The predicted octanol–water partition coefficient (Wildman–Crippen LogP) is 34.4. The molecule has 122 heavy (non-hydrogen) atoms. The minimum Gasteiger partial charge on any atom is -0.311 e. The zero-order chi connectivity index (χ0) is 80.8. The number of hydrogen-bond acceptors (Lipinski definition) is 6. The second-order valence-electron chi connectivity index (χ2n) is 31.0. The Morgan fingerprint density at radius 3 is 0.770 bits per heavy atom. The van der Waals surface area contributed by atoms with Gasteiger partial charge in [-0.15, -0.1) is 22.7 Å². The van der Waals surface area contributed by atoms with Gasteiger partial charge in [0.1, 0.15) is 0 Å². The van der Waals surface area contributed by atoms with E-state index in [1.807, 2.05) is 22.7 Å². The second-order valence-corrected chi connectivity index (χ2v) is 33.1. The molecule has 0 radical (unpaired) electrons. The highest BCUT2D eigenvalue weighted by molar-refractivity contribution is 7.27. The van der Waals surface area contributed by atoms with Crippen LogP contribution in [0.4, 0.5) is 68.2 Å². The van der Waals surface area contributed by atoms with Crippen LogP contribution in [0.5, 0.6) is 0 Å². The molecule has 0 bridgehead atoms. The first kappa shape index (κ1) is 73.0. The third kappa shape index (κ3) is 13.6. The minimum atomic E-state index is 1.10. The van der Waals surface area contributed by atoms with E-state index >= 15 is 0 Å². The summed E-state index contributed by atoms with van der Waals surface area (Å²) >= 11 is 3.80. The summed E-state index contributed by atoms with van der Waals surface area (Å²) in [6.07, 6.45) is 0. The summed E-state index contributed by atoms with van der Waals surface area (Å²) in [6.45, 7) is 0. The summed E-state index contributed by atoms with van der Waals surface area (Å²) in [6, 6.07) is 171. The molecule has 0 saturated carbocycles. The smallest absolute Gasteiger partial charge is 0.0540 e. The van der Waals surface area contributed by atoms with Crippen molar-refractivity contribution < 1.29 is 0 Å². The van der Waals surface area contributed by atoms with Crippen LogP contribution >= 0.6 is 22.7 Å². The first-order valence-electron chi connectivity index (χ1n) is 41.6. The van der Waals surface area contributed by atoms with Crippen molar-refractivity contribution in [3.05, 3.63) is 473 Å². The number of thiophene rings is 2. The maximum atomic E-state index is 2.40. The third-order valence-electron chi connectivity index (χ3n) is 23.8. The van der Waals surface area contributed by atoms with Gasteiger partial charge in [-0.2, -0.15) is 0 Å². The maximum Gasteiger partial charge on any atom is 0.0540 e. The summed E-state index contributed by atoms with van der Waals surface area (Å²) < 4.78 is 5.22. The molecule has 0 aliphatic heterocycles. The molecule has 6 heteroatoms. The highest BCUT2D eigenvalue weighted by Crippen LogP contribution is 2.51. The summed E-state index contributed by atoms with van der Waals surface area (Å²) in [5.74, 6) is 0. The lowest BCUT2D eigenvalue weighted by molar-refractivity contribution is 1.28. The van der Waals surface area contributed by atoms with Crippen LogP contribution in [0.1, 0.15) is 0 Å². The molecule has 2 aromatic heterocycles. The highest BCUT2D eigenvalue weighted by atomic mass is 32.1. The van der Waals surface area contributed by atoms with Gasteiger partial charge >= 0.3 is 0 Å². The first-order chi connectivity index (χ1) is 60.5. The number of hydrogen-bond donors (Lipinski definition) is 0. The molecule has 23 rings (SSSR count). The van der Waals surface area contributed by atoms with E-state index in [4.69, 9.17) is 0 Å². The van der Waals surface area contributed by atoms with Crippen LogP contribution in [0.25, 0.3) is 139 Å². The van der Waals surface area contributed by atoms with E-state index in [1.165, 1.54) is 139 Å². The zero-order valence-electron chi connectivity index (χ0n) is 66.6. The Hall–Kier alpha value is -15.4. The van der Waals surface area contributed by atoms with Crippen molar-refractivity contribution in [3.8, 4) is 44.5 Å². The van der Waals surface area contributed by atoms with Gasteiger partial charge in [0, 0.05) is 119 Å². The van der Waals surface area contributed by atoms with E-state index in [9.17, 15) is 0 Å². The fourth-order valence-corrected chi connectivity index (χ4v) is 20.6. The zero-order valence-corrected chi connectivity index (χ0v) is 68.3. The van der Waals surface area contributed by atoms with Crippen LogP contribution in [0.2, 0.25) is 0 Å². The van der Waals surface area contributed by atoms with Crippen LogP contribution in [-0.4, -0.2) is 0 Å². The average Bonchev–Trinajstić information content (AvgIpc) is 1.53. The topological polar surface area (TPSA) is 13.0 Å². The molecule has 2 heterocycles. The quantitative estimate of drug-likeness (QED) is 0.0894. The summed E-state index contributed by atoms with van der Waals surface area (Å²) in [7, 11) is 0. The lowest BCUT2D eigenvalue weighted by Gasteiger charge is -2.27. The molecule has 0 spiro atoms. The molecule has 574 valence electrons. The van der Waals surface area contributed by atoms with E-state index in [0.717, 1.165) is 68.2 Å². The third-order valence-corrected chi connectivity index (χ3v) is 26.2. The molecular formula is C116H78N4S2. The van der Waals surface area contributed by atoms with Crippen LogP contribution in [-0.2, 0) is 0 Å². The van der Waals surface area contributed by atoms with Gasteiger partial charge in [0.15, 0.2) is 0 Å². The van der Waals surface area contributed by atoms with Crippen molar-refractivity contribution >= 4 is 185 Å². The molecule has 0 fully saturated rings. The van der Waals surface area contributed by atoms with E-state index in [1.54, 1.807) is 0 Å². The van der Waals surface area contributed by atoms with Gasteiger partial charge in [-0.25, -0.2) is 0 Å². The van der Waals surface area contributed by atoms with Crippen LogP contribution in [0, 0.1) is 0 Å². The van der Waals surface area contributed by atoms with Gasteiger partial charge in [0.25, 0.3) is 0 Å². The number of fused-ring (bicyclic) bond motifs is 17. The molecule has 0 aliphatic rings. The van der Waals surface area contributed by atoms with Gasteiger partial charge < -0.3 is 19.6 Å². The standard InChI is InChI=1S/C62H42N2S.C54H36N2S/c1-5-15-43(16-6-1)45-25-32-51(33-26-45)63(52-34-27-46(28-35-52)44-17-7-2-8-18-44)53-36-29-47(30-37-53)48-31-39-57-59(41-48)55-23-13-14-24-56(55)61-58-40-38-54(42-60(58)65-62(57)61)64(49-19-9-3-10-20-49)50-21-11-4-12-22-50;1-4-17-40(18-5-1)55(41-19-6-2-7-20-41)44-32-34-49-52(36-44)57-54-48-33-29-39(35-50(48)46-24-12-13-25-47(46)53(49)54)37-27-30-43(31-28-37)56(42-21-8-3-9-22-42)51-26-14-16-38-15-10-11-23-45(38)51/h1-42H;1-36H. The summed E-state index contributed by atoms with van der Waals surface area (Å²) in [5, 5.41) is 18.0. The van der Waals surface area contributed by atoms with Crippen molar-refractivity contribution in [2.45, 2.75) is 0 Å². The number of benzene rings is 21.